The van der Waals surface area contributed by atoms with Gasteiger partial charge in [0.25, 0.3) is 5.91 Å². The zero-order valence-corrected chi connectivity index (χ0v) is 15.0. The molecule has 5 rings (SSSR count). The van der Waals surface area contributed by atoms with Crippen molar-refractivity contribution in [2.75, 3.05) is 6.79 Å². The van der Waals surface area contributed by atoms with Crippen LogP contribution in [-0.4, -0.2) is 28.8 Å². The molecule has 1 saturated heterocycles. The van der Waals surface area contributed by atoms with Crippen LogP contribution in [0.25, 0.3) is 6.08 Å². The maximum atomic E-state index is 13.4. The van der Waals surface area contributed by atoms with Crippen LogP contribution in [-0.2, 0) is 4.79 Å². The van der Waals surface area contributed by atoms with Gasteiger partial charge in [-0.2, -0.15) is 0 Å². The number of halogens is 1. The predicted octanol–water partition coefficient (Wildman–Crippen LogP) is 4.32. The lowest BCUT2D eigenvalue weighted by atomic mass is 10.2. The van der Waals surface area contributed by atoms with Gasteiger partial charge in [0, 0.05) is 12.1 Å². The number of benzene rings is 2. The summed E-state index contributed by atoms with van der Waals surface area (Å²) in [5, 5.41) is 0.643. The van der Waals surface area contributed by atoms with Crippen LogP contribution in [0.3, 0.4) is 0 Å². The van der Waals surface area contributed by atoms with Crippen LogP contribution < -0.4 is 9.47 Å². The molecule has 3 aliphatic rings. The van der Waals surface area contributed by atoms with E-state index in [1.165, 1.54) is 23.9 Å². The van der Waals surface area contributed by atoms with Gasteiger partial charge >= 0.3 is 0 Å². The summed E-state index contributed by atoms with van der Waals surface area (Å²) in [7, 11) is 0. The first kappa shape index (κ1) is 16.4. The molecule has 1 aliphatic carbocycles. The van der Waals surface area contributed by atoms with Crippen molar-refractivity contribution < 1.29 is 18.7 Å². The summed E-state index contributed by atoms with van der Waals surface area (Å²) in [5.41, 5.74) is 1.36. The molecule has 2 aromatic carbocycles. The molecule has 0 spiro atoms. The maximum Gasteiger partial charge on any atom is 0.267 e. The van der Waals surface area contributed by atoms with Gasteiger partial charge in [-0.25, -0.2) is 9.38 Å². The first-order chi connectivity index (χ1) is 13.2. The van der Waals surface area contributed by atoms with Crippen LogP contribution in [0, 0.1) is 5.82 Å². The summed E-state index contributed by atoms with van der Waals surface area (Å²) in [6.07, 6.45) is 3.66. The highest BCUT2D eigenvalue weighted by atomic mass is 32.2. The average Bonchev–Trinajstić information content (AvgIpc) is 3.29. The zero-order valence-electron chi connectivity index (χ0n) is 14.2. The summed E-state index contributed by atoms with van der Waals surface area (Å²) in [4.78, 5) is 19.9. The number of hydrogen-bond donors (Lipinski definition) is 0. The van der Waals surface area contributed by atoms with Crippen molar-refractivity contribution in [3.8, 4) is 11.5 Å². The van der Waals surface area contributed by atoms with Gasteiger partial charge in [0.2, 0.25) is 6.79 Å². The molecule has 27 heavy (non-hydrogen) atoms. The molecular weight excluding hydrogens is 367 g/mol. The number of aliphatic imine (C=N–C) groups is 1. The van der Waals surface area contributed by atoms with Crippen molar-refractivity contribution in [2.24, 2.45) is 4.99 Å². The molecule has 2 fully saturated rings. The molecule has 1 saturated carbocycles. The second-order valence-electron chi connectivity index (χ2n) is 6.50. The first-order valence-electron chi connectivity index (χ1n) is 8.64. The number of carbonyl (C=O) groups excluding carboxylic acids is 1. The van der Waals surface area contributed by atoms with Gasteiger partial charge < -0.3 is 9.47 Å². The Labute approximate surface area is 159 Å². The van der Waals surface area contributed by atoms with E-state index in [9.17, 15) is 9.18 Å². The third-order valence-corrected chi connectivity index (χ3v) is 5.46. The molecule has 2 aliphatic heterocycles. The number of amidine groups is 1. The molecule has 0 bridgehead atoms. The molecule has 2 aromatic rings. The topological polar surface area (TPSA) is 51.1 Å². The zero-order chi connectivity index (χ0) is 18.4. The van der Waals surface area contributed by atoms with E-state index >= 15 is 0 Å². The van der Waals surface area contributed by atoms with Crippen molar-refractivity contribution in [1.82, 2.24) is 4.90 Å². The van der Waals surface area contributed by atoms with Crippen LogP contribution >= 0.6 is 11.8 Å². The largest absolute Gasteiger partial charge is 0.454 e. The highest BCUT2D eigenvalue weighted by Gasteiger charge is 2.43. The van der Waals surface area contributed by atoms with Crippen molar-refractivity contribution in [3.63, 3.8) is 0 Å². The second kappa shape index (κ2) is 6.42. The SMILES string of the molecule is O=C1/C(=C\c2cccc(F)c2)SC(=Nc2ccc3c(c2)OCO3)N1C1CC1. The Hall–Kier alpha value is -2.80. The van der Waals surface area contributed by atoms with E-state index in [0.717, 1.165) is 12.8 Å². The standard InChI is InChI=1S/C20H15FN2O3S/c21-13-3-1-2-12(8-13)9-18-19(24)23(15-5-6-15)20(27-18)22-14-4-7-16-17(10-14)26-11-25-16/h1-4,7-10,15H,5-6,11H2/b18-9+,22-20?. The second-order valence-corrected chi connectivity index (χ2v) is 7.51. The smallest absolute Gasteiger partial charge is 0.267 e. The van der Waals surface area contributed by atoms with Crippen LogP contribution in [0.4, 0.5) is 10.1 Å². The Kier molecular flexibility index (Phi) is 3.89. The van der Waals surface area contributed by atoms with E-state index in [1.807, 2.05) is 12.1 Å². The predicted molar refractivity (Wildman–Crippen MR) is 101 cm³/mol. The Bertz CT molecular complexity index is 1000. The van der Waals surface area contributed by atoms with Gasteiger partial charge in [0.1, 0.15) is 5.82 Å². The van der Waals surface area contributed by atoms with E-state index in [1.54, 1.807) is 29.2 Å². The number of fused-ring (bicyclic) bond motifs is 1. The van der Waals surface area contributed by atoms with E-state index < -0.39 is 0 Å². The van der Waals surface area contributed by atoms with Crippen molar-refractivity contribution >= 4 is 34.6 Å². The monoisotopic (exact) mass is 382 g/mol. The van der Waals surface area contributed by atoms with Gasteiger partial charge in [0.05, 0.1) is 10.6 Å². The third-order valence-electron chi connectivity index (χ3n) is 4.48. The van der Waals surface area contributed by atoms with Crippen molar-refractivity contribution in [2.45, 2.75) is 18.9 Å². The fraction of sp³-hybridized carbons (Fsp3) is 0.200. The lowest BCUT2D eigenvalue weighted by molar-refractivity contribution is -0.122. The van der Waals surface area contributed by atoms with Crippen LogP contribution in [0.15, 0.2) is 52.4 Å². The molecule has 0 atom stereocenters. The van der Waals surface area contributed by atoms with E-state index in [-0.39, 0.29) is 24.6 Å². The molecule has 136 valence electrons. The Morgan fingerprint density at radius 3 is 2.81 bits per heavy atom. The van der Waals surface area contributed by atoms with Crippen LogP contribution in [0.5, 0.6) is 11.5 Å². The minimum absolute atomic E-state index is 0.0775. The summed E-state index contributed by atoms with van der Waals surface area (Å²) in [6, 6.07) is 11.9. The van der Waals surface area contributed by atoms with Gasteiger partial charge in [-0.15, -0.1) is 0 Å². The number of ether oxygens (including phenoxy) is 2. The number of hydrogen-bond acceptors (Lipinski definition) is 5. The molecule has 2 heterocycles. The minimum atomic E-state index is -0.326. The van der Waals surface area contributed by atoms with Crippen molar-refractivity contribution in [1.29, 1.82) is 0 Å². The molecule has 0 aromatic heterocycles. The Balaban J connectivity index is 1.49. The van der Waals surface area contributed by atoms with Crippen LogP contribution in [0.1, 0.15) is 18.4 Å². The van der Waals surface area contributed by atoms with E-state index in [2.05, 4.69) is 4.99 Å². The maximum absolute atomic E-state index is 13.4. The average molecular weight is 382 g/mol. The number of carbonyl (C=O) groups is 1. The molecule has 5 nitrogen and oxygen atoms in total. The number of nitrogens with zero attached hydrogens (tertiary/aromatic N) is 2. The molecular formula is C20H15FN2O3S. The number of amides is 1. The van der Waals surface area contributed by atoms with Crippen molar-refractivity contribution in [3.05, 3.63) is 58.8 Å². The summed E-state index contributed by atoms with van der Waals surface area (Å²) < 4.78 is 24.2. The summed E-state index contributed by atoms with van der Waals surface area (Å²) >= 11 is 1.32. The highest BCUT2D eigenvalue weighted by molar-refractivity contribution is 8.18. The lowest BCUT2D eigenvalue weighted by Gasteiger charge is -2.14. The Morgan fingerprint density at radius 1 is 1.15 bits per heavy atom. The quantitative estimate of drug-likeness (QED) is 0.742. The number of rotatable bonds is 3. The van der Waals surface area contributed by atoms with Gasteiger partial charge in [-0.05, 0) is 60.5 Å². The molecule has 1 amide bonds. The third kappa shape index (κ3) is 3.19. The lowest BCUT2D eigenvalue weighted by Crippen LogP contribution is -2.31. The fourth-order valence-electron chi connectivity index (χ4n) is 3.03. The molecule has 7 heteroatoms. The van der Waals surface area contributed by atoms with Gasteiger partial charge in [0.15, 0.2) is 16.7 Å². The first-order valence-corrected chi connectivity index (χ1v) is 9.46. The summed E-state index contributed by atoms with van der Waals surface area (Å²) in [5.74, 6) is 0.943. The van der Waals surface area contributed by atoms with Gasteiger partial charge in [-0.1, -0.05) is 12.1 Å². The van der Waals surface area contributed by atoms with Crippen LogP contribution in [0.2, 0.25) is 0 Å². The number of thioether (sulfide) groups is 1. The molecule has 0 radical (unpaired) electrons. The molecule has 0 N–H and O–H groups in total. The molecule has 0 unspecified atom stereocenters. The van der Waals surface area contributed by atoms with E-state index in [0.29, 0.717) is 32.8 Å². The fourth-order valence-corrected chi connectivity index (χ4v) is 4.09. The summed E-state index contributed by atoms with van der Waals surface area (Å²) in [6.45, 7) is 0.206. The van der Waals surface area contributed by atoms with Gasteiger partial charge in [-0.3, -0.25) is 9.69 Å². The minimum Gasteiger partial charge on any atom is -0.454 e. The highest BCUT2D eigenvalue weighted by Crippen LogP contribution is 2.42. The Morgan fingerprint density at radius 2 is 2.00 bits per heavy atom. The normalized spacial score (nSPS) is 21.5. The van der Waals surface area contributed by atoms with E-state index in [4.69, 9.17) is 9.47 Å².